The zero-order valence-corrected chi connectivity index (χ0v) is 9.31. The van der Waals surface area contributed by atoms with E-state index in [2.05, 4.69) is 21.9 Å². The number of nitrogens with zero attached hydrogens (tertiary/aromatic N) is 3. The van der Waals surface area contributed by atoms with Gasteiger partial charge in [0.05, 0.1) is 6.61 Å². The van der Waals surface area contributed by atoms with Crippen molar-refractivity contribution in [3.8, 4) is 5.88 Å². The molecule has 1 saturated carbocycles. The smallest absolute Gasteiger partial charge is 0.218 e. The third-order valence-corrected chi connectivity index (χ3v) is 2.90. The molecule has 0 unspecified atom stereocenters. The lowest BCUT2D eigenvalue weighted by atomic mass is 9.92. The molecule has 0 spiro atoms. The van der Waals surface area contributed by atoms with Gasteiger partial charge in [-0.05, 0) is 26.2 Å². The Balaban J connectivity index is 2.09. The molecule has 1 aromatic rings. The van der Waals surface area contributed by atoms with E-state index >= 15 is 0 Å². The van der Waals surface area contributed by atoms with E-state index in [9.17, 15) is 0 Å². The molecule has 82 valence electrons. The molecule has 0 aliphatic heterocycles. The molecule has 15 heavy (non-hydrogen) atoms. The molecule has 0 aromatic carbocycles. The largest absolute Gasteiger partial charge is 0.478 e. The minimum Gasteiger partial charge on any atom is -0.478 e. The zero-order chi connectivity index (χ0) is 10.7. The normalized spacial score (nSPS) is 15.9. The molecular weight excluding hydrogens is 190 g/mol. The second-order valence-corrected chi connectivity index (χ2v) is 3.84. The summed E-state index contributed by atoms with van der Waals surface area (Å²) in [7, 11) is 2.09. The van der Waals surface area contributed by atoms with Crippen LogP contribution >= 0.6 is 0 Å². The molecule has 1 aliphatic rings. The monoisotopic (exact) mass is 207 g/mol. The second-order valence-electron chi connectivity index (χ2n) is 3.84. The molecule has 1 aliphatic carbocycles. The van der Waals surface area contributed by atoms with Gasteiger partial charge in [0, 0.05) is 19.2 Å². The number of rotatable bonds is 4. The van der Waals surface area contributed by atoms with Gasteiger partial charge in [0.1, 0.15) is 12.1 Å². The summed E-state index contributed by atoms with van der Waals surface area (Å²) in [6.07, 6.45) is 5.43. The molecule has 0 N–H and O–H groups in total. The van der Waals surface area contributed by atoms with Gasteiger partial charge in [-0.15, -0.1) is 0 Å². The molecular formula is C11H17N3O. The number of anilines is 1. The van der Waals surface area contributed by atoms with Crippen LogP contribution in [0.15, 0.2) is 12.4 Å². The maximum atomic E-state index is 5.35. The first kappa shape index (κ1) is 10.2. The minimum atomic E-state index is 0.642. The van der Waals surface area contributed by atoms with Crippen molar-refractivity contribution in [1.82, 2.24) is 9.97 Å². The van der Waals surface area contributed by atoms with E-state index in [0.717, 1.165) is 5.82 Å². The fourth-order valence-corrected chi connectivity index (χ4v) is 1.71. The van der Waals surface area contributed by atoms with Gasteiger partial charge in [0.15, 0.2) is 0 Å². The fraction of sp³-hybridized carbons (Fsp3) is 0.636. The standard InChI is InChI=1S/C11H17N3O/c1-3-15-11-7-10(12-8-13-11)14(2)9-5-4-6-9/h7-9H,3-6H2,1-2H3. The van der Waals surface area contributed by atoms with E-state index in [-0.39, 0.29) is 0 Å². The van der Waals surface area contributed by atoms with Crippen molar-refractivity contribution in [3.63, 3.8) is 0 Å². The molecule has 4 heteroatoms. The van der Waals surface area contributed by atoms with Gasteiger partial charge in [-0.3, -0.25) is 0 Å². The van der Waals surface area contributed by atoms with Crippen LogP contribution in [0.1, 0.15) is 26.2 Å². The third kappa shape index (κ3) is 2.19. The summed E-state index contributed by atoms with van der Waals surface area (Å²) in [6.45, 7) is 2.60. The summed E-state index contributed by atoms with van der Waals surface area (Å²) in [4.78, 5) is 10.5. The lowest BCUT2D eigenvalue weighted by Gasteiger charge is -2.35. The van der Waals surface area contributed by atoms with Crippen LogP contribution in [0.25, 0.3) is 0 Å². The van der Waals surface area contributed by atoms with Crippen molar-refractivity contribution >= 4 is 5.82 Å². The van der Waals surface area contributed by atoms with E-state index in [1.165, 1.54) is 19.3 Å². The molecule has 1 heterocycles. The molecule has 0 atom stereocenters. The van der Waals surface area contributed by atoms with Crippen LogP contribution in [-0.4, -0.2) is 29.7 Å². The predicted molar refractivity (Wildman–Crippen MR) is 59.2 cm³/mol. The number of aromatic nitrogens is 2. The Hall–Kier alpha value is -1.32. The molecule has 0 amide bonds. The maximum Gasteiger partial charge on any atom is 0.218 e. The van der Waals surface area contributed by atoms with Crippen LogP contribution < -0.4 is 9.64 Å². The summed E-state index contributed by atoms with van der Waals surface area (Å²) >= 11 is 0. The van der Waals surface area contributed by atoms with Crippen molar-refractivity contribution in [2.45, 2.75) is 32.2 Å². The second kappa shape index (κ2) is 4.47. The van der Waals surface area contributed by atoms with Gasteiger partial charge >= 0.3 is 0 Å². The van der Waals surface area contributed by atoms with E-state index in [1.54, 1.807) is 6.33 Å². The summed E-state index contributed by atoms with van der Waals surface area (Å²) < 4.78 is 5.35. The highest BCUT2D eigenvalue weighted by Crippen LogP contribution is 2.27. The molecule has 1 fully saturated rings. The van der Waals surface area contributed by atoms with Crippen LogP contribution in [-0.2, 0) is 0 Å². The summed E-state index contributed by atoms with van der Waals surface area (Å²) in [6, 6.07) is 2.55. The van der Waals surface area contributed by atoms with Gasteiger partial charge < -0.3 is 9.64 Å². The Labute approximate surface area is 90.3 Å². The molecule has 0 radical (unpaired) electrons. The Kier molecular flexibility index (Phi) is 3.04. The Morgan fingerprint density at radius 3 is 2.87 bits per heavy atom. The van der Waals surface area contributed by atoms with Crippen molar-refractivity contribution in [1.29, 1.82) is 0 Å². The van der Waals surface area contributed by atoms with Gasteiger partial charge in [0.2, 0.25) is 5.88 Å². The lowest BCUT2D eigenvalue weighted by Crippen LogP contribution is -2.37. The minimum absolute atomic E-state index is 0.642. The Morgan fingerprint density at radius 2 is 2.27 bits per heavy atom. The van der Waals surface area contributed by atoms with Gasteiger partial charge in [0.25, 0.3) is 0 Å². The summed E-state index contributed by atoms with van der Waals surface area (Å²) in [5.74, 6) is 1.62. The quantitative estimate of drug-likeness (QED) is 0.755. The van der Waals surface area contributed by atoms with Crippen molar-refractivity contribution < 1.29 is 4.74 Å². The zero-order valence-electron chi connectivity index (χ0n) is 9.31. The van der Waals surface area contributed by atoms with E-state index in [4.69, 9.17) is 4.74 Å². The average molecular weight is 207 g/mol. The molecule has 0 bridgehead atoms. The number of hydrogen-bond donors (Lipinski definition) is 0. The highest BCUT2D eigenvalue weighted by atomic mass is 16.5. The molecule has 0 saturated heterocycles. The van der Waals surface area contributed by atoms with E-state index in [1.807, 2.05) is 13.0 Å². The number of ether oxygens (including phenoxy) is 1. The highest BCUT2D eigenvalue weighted by molar-refractivity contribution is 5.41. The van der Waals surface area contributed by atoms with Crippen LogP contribution in [0.3, 0.4) is 0 Å². The first-order valence-corrected chi connectivity index (χ1v) is 5.49. The van der Waals surface area contributed by atoms with Crippen LogP contribution in [0.5, 0.6) is 5.88 Å². The maximum absolute atomic E-state index is 5.35. The van der Waals surface area contributed by atoms with Gasteiger partial charge in [-0.1, -0.05) is 0 Å². The first-order chi connectivity index (χ1) is 7.31. The molecule has 2 rings (SSSR count). The van der Waals surface area contributed by atoms with E-state index < -0.39 is 0 Å². The first-order valence-electron chi connectivity index (χ1n) is 5.49. The predicted octanol–water partition coefficient (Wildman–Crippen LogP) is 1.86. The summed E-state index contributed by atoms with van der Waals surface area (Å²) in [5.41, 5.74) is 0. The fourth-order valence-electron chi connectivity index (χ4n) is 1.71. The Morgan fingerprint density at radius 1 is 1.47 bits per heavy atom. The lowest BCUT2D eigenvalue weighted by molar-refractivity contribution is 0.325. The summed E-state index contributed by atoms with van der Waals surface area (Å²) in [5, 5.41) is 0. The van der Waals surface area contributed by atoms with Crippen molar-refractivity contribution in [3.05, 3.63) is 12.4 Å². The van der Waals surface area contributed by atoms with E-state index in [0.29, 0.717) is 18.5 Å². The third-order valence-electron chi connectivity index (χ3n) is 2.90. The SMILES string of the molecule is CCOc1cc(N(C)C2CCC2)ncn1. The Bertz CT molecular complexity index is 325. The average Bonchev–Trinajstić information content (AvgIpc) is 2.16. The van der Waals surface area contributed by atoms with Crippen LogP contribution in [0, 0.1) is 0 Å². The molecule has 1 aromatic heterocycles. The highest BCUT2D eigenvalue weighted by Gasteiger charge is 2.23. The van der Waals surface area contributed by atoms with Gasteiger partial charge in [-0.2, -0.15) is 0 Å². The van der Waals surface area contributed by atoms with Crippen LogP contribution in [0.4, 0.5) is 5.82 Å². The van der Waals surface area contributed by atoms with Crippen molar-refractivity contribution in [2.24, 2.45) is 0 Å². The van der Waals surface area contributed by atoms with Crippen LogP contribution in [0.2, 0.25) is 0 Å². The number of hydrogen-bond acceptors (Lipinski definition) is 4. The van der Waals surface area contributed by atoms with Crippen molar-refractivity contribution in [2.75, 3.05) is 18.6 Å². The van der Waals surface area contributed by atoms with Gasteiger partial charge in [-0.25, -0.2) is 9.97 Å². The molecule has 4 nitrogen and oxygen atoms in total. The topological polar surface area (TPSA) is 38.2 Å².